The number of hydrogen-bond donors (Lipinski definition) is 0. The monoisotopic (exact) mass is 329 g/mol. The largest absolute Gasteiger partial charge is 0.184 e. The molecule has 0 aliphatic carbocycles. The molecule has 0 fully saturated rings. The molecule has 0 unspecified atom stereocenters. The van der Waals surface area contributed by atoms with Gasteiger partial charge in [0.25, 0.3) is 0 Å². The second kappa shape index (κ2) is 4.18. The minimum atomic E-state index is 0. The maximum absolute atomic E-state index is 2.96. The summed E-state index contributed by atoms with van der Waals surface area (Å²) in [6, 6.07) is 10.8. The van der Waals surface area contributed by atoms with Crippen LogP contribution in [0.2, 0.25) is 0 Å². The van der Waals surface area contributed by atoms with E-state index in [0.29, 0.717) is 0 Å². The molecule has 0 radical (unpaired) electrons. The molecule has 1 aromatic rings. The van der Waals surface area contributed by atoms with Gasteiger partial charge in [-0.15, -0.1) is 0 Å². The molecule has 0 bridgehead atoms. The van der Waals surface area contributed by atoms with E-state index >= 15 is 0 Å². The molecule has 40 valence electrons. The SMILES string of the molecule is Cc1c[c-]ccc1.[U]. The molecule has 0 aromatic heterocycles. The topological polar surface area (TPSA) is 0 Å². The summed E-state index contributed by atoms with van der Waals surface area (Å²) in [4.78, 5) is 0. The van der Waals surface area contributed by atoms with Crippen molar-refractivity contribution in [2.45, 2.75) is 6.92 Å². The van der Waals surface area contributed by atoms with Crippen molar-refractivity contribution in [2.24, 2.45) is 0 Å². The molecule has 1 heteroatoms. The van der Waals surface area contributed by atoms with Crippen molar-refractivity contribution in [3.05, 3.63) is 35.9 Å². The second-order valence-electron chi connectivity index (χ2n) is 1.58. The Morgan fingerprint density at radius 2 is 2.25 bits per heavy atom. The number of rotatable bonds is 0. The maximum Gasteiger partial charge on any atom is 0 e. The Balaban J connectivity index is 0.000000490. The summed E-state index contributed by atoms with van der Waals surface area (Å²) in [5, 5.41) is 0. The summed E-state index contributed by atoms with van der Waals surface area (Å²) in [6.45, 7) is 2.05. The Morgan fingerprint density at radius 1 is 1.50 bits per heavy atom. The van der Waals surface area contributed by atoms with Gasteiger partial charge in [0, 0.05) is 31.1 Å². The Labute approximate surface area is 73.7 Å². The van der Waals surface area contributed by atoms with Crippen LogP contribution in [-0.2, 0) is 0 Å². The van der Waals surface area contributed by atoms with Gasteiger partial charge in [-0.2, -0.15) is 35.9 Å². The van der Waals surface area contributed by atoms with Gasteiger partial charge in [0.15, 0.2) is 0 Å². The molecular formula is C7H7U-. The first kappa shape index (κ1) is 8.27. The second-order valence-corrected chi connectivity index (χ2v) is 1.58. The Kier molecular flexibility index (Phi) is 4.32. The third kappa shape index (κ3) is 2.55. The zero-order valence-corrected chi connectivity index (χ0v) is 8.97. The molecule has 0 spiro atoms. The average Bonchev–Trinajstić information content (AvgIpc) is 1.69. The predicted molar refractivity (Wildman–Crippen MR) is 30.0 cm³/mol. The first-order valence-electron chi connectivity index (χ1n) is 2.32. The van der Waals surface area contributed by atoms with Crippen molar-refractivity contribution < 1.29 is 31.1 Å². The van der Waals surface area contributed by atoms with Gasteiger partial charge in [-0.3, -0.25) is 0 Å². The minimum Gasteiger partial charge on any atom is -0.184 e. The van der Waals surface area contributed by atoms with Gasteiger partial charge in [-0.1, -0.05) is 6.92 Å². The third-order valence-corrected chi connectivity index (χ3v) is 0.863. The van der Waals surface area contributed by atoms with Crippen LogP contribution in [0.25, 0.3) is 0 Å². The fraction of sp³-hybridized carbons (Fsp3) is 0.143. The maximum atomic E-state index is 2.96. The Bertz CT molecular complexity index is 134. The van der Waals surface area contributed by atoms with Crippen LogP contribution < -0.4 is 0 Å². The van der Waals surface area contributed by atoms with Gasteiger partial charge in [0.2, 0.25) is 0 Å². The van der Waals surface area contributed by atoms with Crippen LogP contribution in [0.15, 0.2) is 24.3 Å². The van der Waals surface area contributed by atoms with Gasteiger partial charge >= 0.3 is 0 Å². The average molecular weight is 329 g/mol. The van der Waals surface area contributed by atoms with E-state index in [4.69, 9.17) is 0 Å². The molecule has 0 heterocycles. The quantitative estimate of drug-likeness (QED) is 0.637. The van der Waals surface area contributed by atoms with E-state index < -0.39 is 0 Å². The van der Waals surface area contributed by atoms with Crippen molar-refractivity contribution in [3.63, 3.8) is 0 Å². The van der Waals surface area contributed by atoms with Crippen molar-refractivity contribution >= 4 is 0 Å². The van der Waals surface area contributed by atoms with E-state index in [-0.39, 0.29) is 31.1 Å². The van der Waals surface area contributed by atoms with Crippen LogP contribution in [0, 0.1) is 44.1 Å². The number of aryl methyl sites for hydroxylation is 1. The van der Waals surface area contributed by atoms with E-state index in [1.807, 2.05) is 18.2 Å². The van der Waals surface area contributed by atoms with E-state index in [0.717, 1.165) is 0 Å². The summed E-state index contributed by atoms with van der Waals surface area (Å²) in [6.07, 6.45) is 0. The van der Waals surface area contributed by atoms with Crippen LogP contribution in [0.4, 0.5) is 0 Å². The molecule has 0 nitrogen and oxygen atoms in total. The number of benzene rings is 1. The summed E-state index contributed by atoms with van der Waals surface area (Å²) < 4.78 is 0. The van der Waals surface area contributed by atoms with Crippen molar-refractivity contribution in [3.8, 4) is 0 Å². The van der Waals surface area contributed by atoms with Crippen molar-refractivity contribution in [2.75, 3.05) is 0 Å². The Morgan fingerprint density at radius 3 is 2.50 bits per heavy atom. The molecule has 0 amide bonds. The zero-order chi connectivity index (χ0) is 5.11. The van der Waals surface area contributed by atoms with Gasteiger partial charge < -0.3 is 0 Å². The van der Waals surface area contributed by atoms with Crippen LogP contribution in [0.3, 0.4) is 0 Å². The van der Waals surface area contributed by atoms with Crippen LogP contribution in [0.5, 0.6) is 0 Å². The molecular weight excluding hydrogens is 322 g/mol. The normalized spacial score (nSPS) is 7.62. The van der Waals surface area contributed by atoms with Crippen molar-refractivity contribution in [1.82, 2.24) is 0 Å². The standard InChI is InChI=1S/C7H7.U/c1-7-5-3-2-4-6-7;/h2-3,5-6H,1H3;/q-1;. The number of hydrogen-bond acceptors (Lipinski definition) is 0. The van der Waals surface area contributed by atoms with E-state index in [2.05, 4.69) is 19.1 Å². The summed E-state index contributed by atoms with van der Waals surface area (Å²) in [5.74, 6) is 0. The molecule has 1 aromatic carbocycles. The van der Waals surface area contributed by atoms with Crippen molar-refractivity contribution in [1.29, 1.82) is 0 Å². The molecule has 0 saturated heterocycles. The van der Waals surface area contributed by atoms with Gasteiger partial charge in [-0.25, -0.2) is 0 Å². The van der Waals surface area contributed by atoms with Crippen LogP contribution >= 0.6 is 0 Å². The smallest absolute Gasteiger partial charge is 0 e. The van der Waals surface area contributed by atoms with Gasteiger partial charge in [0.05, 0.1) is 0 Å². The van der Waals surface area contributed by atoms with Crippen LogP contribution in [0.1, 0.15) is 5.56 Å². The molecule has 0 aliphatic rings. The fourth-order valence-corrected chi connectivity index (χ4v) is 0.483. The molecule has 8 heavy (non-hydrogen) atoms. The zero-order valence-electron chi connectivity index (χ0n) is 4.81. The molecule has 0 atom stereocenters. The van der Waals surface area contributed by atoms with E-state index in [1.54, 1.807) is 0 Å². The predicted octanol–water partition coefficient (Wildman–Crippen LogP) is 1.80. The summed E-state index contributed by atoms with van der Waals surface area (Å²) in [7, 11) is 0. The summed E-state index contributed by atoms with van der Waals surface area (Å²) in [5.41, 5.74) is 1.27. The molecule has 0 aliphatic heterocycles. The van der Waals surface area contributed by atoms with Crippen LogP contribution in [-0.4, -0.2) is 0 Å². The molecule has 0 saturated carbocycles. The first-order valence-corrected chi connectivity index (χ1v) is 2.32. The minimum absolute atomic E-state index is 0. The third-order valence-electron chi connectivity index (χ3n) is 0.863. The fourth-order valence-electron chi connectivity index (χ4n) is 0.483. The molecule has 0 N–H and O–H groups in total. The summed E-state index contributed by atoms with van der Waals surface area (Å²) >= 11 is 0. The van der Waals surface area contributed by atoms with Gasteiger partial charge in [0.1, 0.15) is 0 Å². The van der Waals surface area contributed by atoms with Gasteiger partial charge in [-0.05, 0) is 0 Å². The molecule has 1 rings (SSSR count). The first-order chi connectivity index (χ1) is 3.39. The van der Waals surface area contributed by atoms with E-state index in [1.165, 1.54) is 5.56 Å². The Hall–Kier alpha value is 0.272. The van der Waals surface area contributed by atoms with E-state index in [9.17, 15) is 0 Å².